The van der Waals surface area contributed by atoms with Gasteiger partial charge in [0.15, 0.2) is 0 Å². The molecule has 0 spiro atoms. The van der Waals surface area contributed by atoms with Gasteiger partial charge in [0.1, 0.15) is 49.4 Å². The first kappa shape index (κ1) is 57.5. The van der Waals surface area contributed by atoms with Crippen molar-refractivity contribution in [3.05, 3.63) is 237 Å². The third kappa shape index (κ3) is 10.6. The zero-order valence-electron chi connectivity index (χ0n) is 48.4. The first-order valence-electron chi connectivity index (χ1n) is 28.4. The molecule has 0 unspecified atom stereocenters. The monoisotopic (exact) mass is 1070 g/mol. The molecule has 8 heteroatoms. The molecular formula is C72H80O8. The molecule has 0 saturated heterocycles. The predicted molar refractivity (Wildman–Crippen MR) is 323 cm³/mol. The van der Waals surface area contributed by atoms with Crippen LogP contribution in [0.4, 0.5) is 0 Å². The van der Waals surface area contributed by atoms with Gasteiger partial charge in [0.05, 0.1) is 37.3 Å². The van der Waals surface area contributed by atoms with Gasteiger partial charge in [-0.05, 0) is 148 Å². The second-order valence-electron chi connectivity index (χ2n) is 23.7. The molecule has 0 fully saturated rings. The Morgan fingerprint density at radius 2 is 0.588 bits per heavy atom. The molecule has 2 aliphatic carbocycles. The maximum absolute atomic E-state index is 9.48. The van der Waals surface area contributed by atoms with Gasteiger partial charge in [0.2, 0.25) is 0 Å². The molecule has 10 rings (SSSR count). The van der Waals surface area contributed by atoms with Crippen molar-refractivity contribution in [3.63, 3.8) is 0 Å². The van der Waals surface area contributed by atoms with Gasteiger partial charge in [-0.25, -0.2) is 0 Å². The molecule has 8 nitrogen and oxygen atoms in total. The van der Waals surface area contributed by atoms with Crippen LogP contribution in [0.1, 0.15) is 148 Å². The maximum Gasteiger partial charge on any atom is 0.123 e. The molecule has 80 heavy (non-hydrogen) atoms. The van der Waals surface area contributed by atoms with E-state index in [1.807, 2.05) is 0 Å². The molecule has 2 aliphatic rings. The number of rotatable bonds is 18. The highest BCUT2D eigenvalue weighted by Crippen LogP contribution is 2.59. The molecule has 0 amide bonds. The van der Waals surface area contributed by atoms with Crippen LogP contribution >= 0.6 is 0 Å². The number of hydrogen-bond acceptors (Lipinski definition) is 8. The van der Waals surface area contributed by atoms with Crippen LogP contribution in [0.15, 0.2) is 170 Å². The quantitative estimate of drug-likeness (QED) is 0.0671. The van der Waals surface area contributed by atoms with Crippen LogP contribution in [-0.4, -0.2) is 73.3 Å². The molecule has 4 N–H and O–H groups in total. The minimum absolute atomic E-state index is 0.0212. The van der Waals surface area contributed by atoms with Crippen molar-refractivity contribution in [1.29, 1.82) is 0 Å². The van der Waals surface area contributed by atoms with E-state index in [1.54, 1.807) is 0 Å². The Morgan fingerprint density at radius 1 is 0.338 bits per heavy atom. The largest absolute Gasteiger partial charge is 0.491 e. The Labute approximate surface area is 474 Å². The summed E-state index contributed by atoms with van der Waals surface area (Å²) in [5.74, 6) is 3.70. The van der Waals surface area contributed by atoms with E-state index in [0.29, 0.717) is 0 Å². The van der Waals surface area contributed by atoms with E-state index in [2.05, 4.69) is 239 Å². The van der Waals surface area contributed by atoms with Gasteiger partial charge in [-0.1, -0.05) is 203 Å². The van der Waals surface area contributed by atoms with Crippen LogP contribution in [0.5, 0.6) is 23.0 Å². The van der Waals surface area contributed by atoms with Crippen LogP contribution in [0.2, 0.25) is 0 Å². The molecule has 0 radical (unpaired) electrons. The SMILES string of the molecule is CC(C)(C)c1cc(C2(c3ccc(OCCO)c(C(C)(C)C)c3)c3ccccc3-c3ccccc32)ccc1OCCO.CC(C)c1cc(C2(c3ccc(OCCO)c(C(C)C)c3)c3ccccc3-c3ccccc32)ccc1OCCO. The molecular weight excluding hydrogens is 993 g/mol. The summed E-state index contributed by atoms with van der Waals surface area (Å²) in [6, 6.07) is 61.1. The summed E-state index contributed by atoms with van der Waals surface area (Å²) in [6.45, 7) is 22.9. The molecule has 0 atom stereocenters. The van der Waals surface area contributed by atoms with Crippen LogP contribution < -0.4 is 18.9 Å². The van der Waals surface area contributed by atoms with E-state index in [-0.39, 0.29) is 75.5 Å². The van der Waals surface area contributed by atoms with Crippen molar-refractivity contribution in [3.8, 4) is 45.3 Å². The Kier molecular flexibility index (Phi) is 17.1. The van der Waals surface area contributed by atoms with Crippen LogP contribution in [0, 0.1) is 0 Å². The fraction of sp³-hybridized carbons (Fsp3) is 0.333. The molecule has 0 saturated carbocycles. The Morgan fingerprint density at radius 3 is 0.850 bits per heavy atom. The third-order valence-electron chi connectivity index (χ3n) is 15.9. The van der Waals surface area contributed by atoms with E-state index in [4.69, 9.17) is 18.9 Å². The molecule has 8 aromatic rings. The lowest BCUT2D eigenvalue weighted by atomic mass is 9.66. The second-order valence-corrected chi connectivity index (χ2v) is 23.7. The first-order chi connectivity index (χ1) is 38.5. The van der Waals surface area contributed by atoms with Gasteiger partial charge in [-0.2, -0.15) is 0 Å². The summed E-state index contributed by atoms with van der Waals surface area (Å²) in [4.78, 5) is 0. The Hall–Kier alpha value is -7.20. The van der Waals surface area contributed by atoms with Crippen molar-refractivity contribution < 1.29 is 39.4 Å². The fourth-order valence-electron chi connectivity index (χ4n) is 12.3. The normalized spacial score (nSPS) is 13.7. The van der Waals surface area contributed by atoms with Gasteiger partial charge < -0.3 is 39.4 Å². The summed E-state index contributed by atoms with van der Waals surface area (Å²) < 4.78 is 24.0. The standard InChI is InChI=1S/C37H42O4.C35H38O4/c1-35(2,3)31-23-25(15-17-33(31)40-21-19-38)37(26-16-18-34(41-22-20-39)32(24-26)36(4,5)6)29-13-9-7-11-27(29)28-12-8-10-14-30(28)37;1-23(2)29-21-25(13-15-33(29)38-19-17-36)35(26-14-16-34(39-20-18-37)30(22-26)24(3)4)31-11-7-5-9-27(31)28-10-6-8-12-32(28)35/h7-18,23-24,38-39H,19-22H2,1-6H3;5-16,21-24,36-37H,17-20H2,1-4H3. The topological polar surface area (TPSA) is 118 Å². The molecule has 416 valence electrons. The summed E-state index contributed by atoms with van der Waals surface area (Å²) in [7, 11) is 0. The number of benzene rings is 8. The van der Waals surface area contributed by atoms with Crippen molar-refractivity contribution in [2.24, 2.45) is 0 Å². The number of hydrogen-bond donors (Lipinski definition) is 4. The Bertz CT molecular complexity index is 3220. The van der Waals surface area contributed by atoms with Gasteiger partial charge in [-0.15, -0.1) is 0 Å². The lowest BCUT2D eigenvalue weighted by Crippen LogP contribution is -2.30. The Balaban J connectivity index is 0.000000194. The van der Waals surface area contributed by atoms with Crippen molar-refractivity contribution in [2.75, 3.05) is 52.9 Å². The number of ether oxygens (including phenoxy) is 4. The van der Waals surface area contributed by atoms with Crippen LogP contribution in [-0.2, 0) is 21.7 Å². The summed E-state index contributed by atoms with van der Waals surface area (Å²) in [5, 5.41) is 37.7. The average Bonchev–Trinajstić information content (AvgIpc) is 3.79. The van der Waals surface area contributed by atoms with E-state index >= 15 is 0 Å². The fourth-order valence-corrected chi connectivity index (χ4v) is 12.3. The highest BCUT2D eigenvalue weighted by molar-refractivity contribution is 5.88. The lowest BCUT2D eigenvalue weighted by Gasteiger charge is -2.36. The molecule has 0 bridgehead atoms. The van der Waals surface area contributed by atoms with Crippen molar-refractivity contribution in [2.45, 2.75) is 103 Å². The summed E-state index contributed by atoms with van der Waals surface area (Å²) >= 11 is 0. The van der Waals surface area contributed by atoms with Gasteiger partial charge in [0, 0.05) is 0 Å². The predicted octanol–water partition coefficient (Wildman–Crippen LogP) is 14.4. The van der Waals surface area contributed by atoms with Crippen LogP contribution in [0.25, 0.3) is 22.3 Å². The summed E-state index contributed by atoms with van der Waals surface area (Å²) in [6.07, 6.45) is 0. The zero-order chi connectivity index (χ0) is 57.0. The number of fused-ring (bicyclic) bond motifs is 6. The number of aliphatic hydroxyl groups excluding tert-OH is 4. The third-order valence-corrected chi connectivity index (χ3v) is 15.9. The average molecular weight is 1070 g/mol. The van der Waals surface area contributed by atoms with Crippen molar-refractivity contribution in [1.82, 2.24) is 0 Å². The second kappa shape index (κ2) is 23.9. The summed E-state index contributed by atoms with van der Waals surface area (Å²) in [5.41, 5.74) is 17.6. The minimum Gasteiger partial charge on any atom is -0.491 e. The smallest absolute Gasteiger partial charge is 0.123 e. The van der Waals surface area contributed by atoms with Gasteiger partial charge in [-0.3, -0.25) is 0 Å². The molecule has 8 aromatic carbocycles. The highest BCUT2D eigenvalue weighted by Gasteiger charge is 2.48. The van der Waals surface area contributed by atoms with Crippen LogP contribution in [0.3, 0.4) is 0 Å². The molecule has 0 aliphatic heterocycles. The van der Waals surface area contributed by atoms with E-state index in [1.165, 1.54) is 66.8 Å². The van der Waals surface area contributed by atoms with Gasteiger partial charge in [0.25, 0.3) is 0 Å². The van der Waals surface area contributed by atoms with E-state index in [0.717, 1.165) is 45.3 Å². The number of aliphatic hydroxyl groups is 4. The van der Waals surface area contributed by atoms with E-state index < -0.39 is 10.8 Å². The first-order valence-corrected chi connectivity index (χ1v) is 28.4. The maximum atomic E-state index is 9.48. The molecule has 0 heterocycles. The molecule has 0 aromatic heterocycles. The minimum atomic E-state index is -0.571. The van der Waals surface area contributed by atoms with E-state index in [9.17, 15) is 20.4 Å². The highest BCUT2D eigenvalue weighted by atomic mass is 16.5. The lowest BCUT2D eigenvalue weighted by molar-refractivity contribution is 0.198. The van der Waals surface area contributed by atoms with Gasteiger partial charge >= 0.3 is 0 Å². The van der Waals surface area contributed by atoms with Crippen molar-refractivity contribution >= 4 is 0 Å². The zero-order valence-corrected chi connectivity index (χ0v) is 48.4.